The van der Waals surface area contributed by atoms with Crippen molar-refractivity contribution >= 4 is 17.3 Å². The molecule has 0 aliphatic heterocycles. The van der Waals surface area contributed by atoms with E-state index in [1.807, 2.05) is 0 Å². The van der Waals surface area contributed by atoms with E-state index in [0.29, 0.717) is 12.8 Å². The highest BCUT2D eigenvalue weighted by molar-refractivity contribution is 6.00. The lowest BCUT2D eigenvalue weighted by atomic mass is 9.89. The predicted octanol–water partition coefficient (Wildman–Crippen LogP) is 1.04. The van der Waals surface area contributed by atoms with Crippen molar-refractivity contribution in [1.82, 2.24) is 0 Å². The largest absolute Gasteiger partial charge is 0.478 e. The van der Waals surface area contributed by atoms with Crippen LogP contribution >= 0.6 is 0 Å². The van der Waals surface area contributed by atoms with Gasteiger partial charge >= 0.3 is 5.97 Å². The summed E-state index contributed by atoms with van der Waals surface area (Å²) in [6.07, 6.45) is 0.755. The van der Waals surface area contributed by atoms with Gasteiger partial charge in [0.25, 0.3) is 0 Å². The molecular formula is C11H13FN2O3. The number of hydrogen-bond donors (Lipinski definition) is 4. The number of aliphatic hydroxyl groups excluding tert-OH is 1. The van der Waals surface area contributed by atoms with Gasteiger partial charge in [-0.25, -0.2) is 9.18 Å². The van der Waals surface area contributed by atoms with Crippen molar-refractivity contribution in [3.8, 4) is 0 Å². The van der Waals surface area contributed by atoms with Crippen LogP contribution in [0.5, 0.6) is 0 Å². The Morgan fingerprint density at radius 3 is 2.65 bits per heavy atom. The summed E-state index contributed by atoms with van der Waals surface area (Å²) in [5.41, 5.74) is 5.06. The number of anilines is 2. The number of carboxylic acids is 1. The number of carboxylic acid groups (broad SMARTS) is 1. The van der Waals surface area contributed by atoms with E-state index in [9.17, 15) is 9.18 Å². The molecule has 92 valence electrons. The first kappa shape index (κ1) is 11.7. The van der Waals surface area contributed by atoms with Crippen LogP contribution in [0.1, 0.15) is 23.2 Å². The molecule has 0 unspecified atom stereocenters. The molecule has 1 fully saturated rings. The summed E-state index contributed by atoms with van der Waals surface area (Å²) in [6.45, 7) is 0. The highest BCUT2D eigenvalue weighted by Crippen LogP contribution is 2.29. The molecule has 1 aromatic rings. The number of rotatable bonds is 3. The first-order valence-electron chi connectivity index (χ1n) is 5.25. The molecule has 5 N–H and O–H groups in total. The van der Waals surface area contributed by atoms with Crippen molar-refractivity contribution < 1.29 is 19.4 Å². The Hall–Kier alpha value is -1.82. The Bertz CT molecular complexity index is 458. The van der Waals surface area contributed by atoms with E-state index in [0.717, 1.165) is 6.07 Å². The van der Waals surface area contributed by atoms with Crippen molar-refractivity contribution in [2.24, 2.45) is 0 Å². The van der Waals surface area contributed by atoms with Crippen LogP contribution in [0, 0.1) is 5.82 Å². The van der Waals surface area contributed by atoms with Crippen molar-refractivity contribution in [3.63, 3.8) is 0 Å². The van der Waals surface area contributed by atoms with Crippen LogP contribution in [-0.4, -0.2) is 28.3 Å². The van der Waals surface area contributed by atoms with Crippen LogP contribution in [-0.2, 0) is 0 Å². The summed E-state index contributed by atoms with van der Waals surface area (Å²) in [5.74, 6) is -2.02. The van der Waals surface area contributed by atoms with E-state index < -0.39 is 11.8 Å². The van der Waals surface area contributed by atoms with Crippen molar-refractivity contribution in [1.29, 1.82) is 0 Å². The minimum absolute atomic E-state index is 0.00737. The van der Waals surface area contributed by atoms with E-state index >= 15 is 0 Å². The number of benzene rings is 1. The minimum atomic E-state index is -1.27. The maximum atomic E-state index is 13.2. The molecule has 0 radical (unpaired) electrons. The molecule has 1 aliphatic rings. The van der Waals surface area contributed by atoms with Gasteiger partial charge in [-0.3, -0.25) is 0 Å². The number of nitrogens with one attached hydrogen (secondary N) is 1. The lowest BCUT2D eigenvalue weighted by Gasteiger charge is -2.33. The average molecular weight is 240 g/mol. The Labute approximate surface area is 97.1 Å². The Balaban J connectivity index is 2.27. The molecule has 17 heavy (non-hydrogen) atoms. The molecule has 0 aromatic heterocycles. The third-order valence-corrected chi connectivity index (χ3v) is 2.88. The zero-order valence-corrected chi connectivity index (χ0v) is 8.98. The lowest BCUT2D eigenvalue weighted by molar-refractivity contribution is 0.0698. The Morgan fingerprint density at radius 1 is 1.47 bits per heavy atom. The number of aliphatic hydroxyl groups is 1. The number of nitrogens with two attached hydrogens (primary N) is 1. The van der Waals surface area contributed by atoms with Gasteiger partial charge in [0.05, 0.1) is 17.5 Å². The molecule has 1 aromatic carbocycles. The van der Waals surface area contributed by atoms with Crippen LogP contribution < -0.4 is 11.1 Å². The van der Waals surface area contributed by atoms with Crippen molar-refractivity contribution in [2.45, 2.75) is 25.0 Å². The van der Waals surface area contributed by atoms with Crippen LogP contribution in [0.4, 0.5) is 15.8 Å². The standard InChI is InChI=1S/C11H13FN2O3/c12-7-1-2-8(9(10(7)13)11(16)17)14-5-3-6(15)4-5/h1-2,5-6,14-15H,3-4,13H2,(H,16,17). The van der Waals surface area contributed by atoms with Crippen LogP contribution in [0.3, 0.4) is 0 Å². The molecular weight excluding hydrogens is 227 g/mol. The van der Waals surface area contributed by atoms with Gasteiger partial charge < -0.3 is 21.3 Å². The molecule has 2 rings (SSSR count). The van der Waals surface area contributed by atoms with E-state index in [1.165, 1.54) is 6.07 Å². The number of aromatic carboxylic acids is 1. The molecule has 1 saturated carbocycles. The summed E-state index contributed by atoms with van der Waals surface area (Å²) in [7, 11) is 0. The second-order valence-corrected chi connectivity index (χ2v) is 4.16. The van der Waals surface area contributed by atoms with Crippen LogP contribution in [0.15, 0.2) is 12.1 Å². The van der Waals surface area contributed by atoms with E-state index in [-0.39, 0.29) is 29.1 Å². The van der Waals surface area contributed by atoms with Crippen molar-refractivity contribution in [3.05, 3.63) is 23.5 Å². The Morgan fingerprint density at radius 2 is 2.12 bits per heavy atom. The molecule has 1 aliphatic carbocycles. The van der Waals surface area contributed by atoms with Gasteiger partial charge in [-0.15, -0.1) is 0 Å². The van der Waals surface area contributed by atoms with E-state index in [4.69, 9.17) is 15.9 Å². The molecule has 0 amide bonds. The SMILES string of the molecule is Nc1c(F)ccc(NC2CC(O)C2)c1C(=O)O. The van der Waals surface area contributed by atoms with Gasteiger partial charge in [-0.05, 0) is 25.0 Å². The minimum Gasteiger partial charge on any atom is -0.478 e. The summed E-state index contributed by atoms with van der Waals surface area (Å²) < 4.78 is 13.2. The quantitative estimate of drug-likeness (QED) is 0.592. The molecule has 0 bridgehead atoms. The maximum absolute atomic E-state index is 13.2. The van der Waals surface area contributed by atoms with Gasteiger partial charge in [-0.2, -0.15) is 0 Å². The fourth-order valence-corrected chi connectivity index (χ4v) is 1.87. The zero-order valence-electron chi connectivity index (χ0n) is 8.98. The van der Waals surface area contributed by atoms with Gasteiger partial charge in [-0.1, -0.05) is 0 Å². The van der Waals surface area contributed by atoms with Crippen LogP contribution in [0.2, 0.25) is 0 Å². The predicted molar refractivity (Wildman–Crippen MR) is 60.4 cm³/mol. The molecule has 6 heteroatoms. The smallest absolute Gasteiger partial charge is 0.340 e. The summed E-state index contributed by atoms with van der Waals surface area (Å²) in [5, 5.41) is 21.1. The van der Waals surface area contributed by atoms with Gasteiger partial charge in [0, 0.05) is 6.04 Å². The molecule has 5 nitrogen and oxygen atoms in total. The number of halogens is 1. The van der Waals surface area contributed by atoms with E-state index in [2.05, 4.69) is 5.32 Å². The van der Waals surface area contributed by atoms with Crippen LogP contribution in [0.25, 0.3) is 0 Å². The fourth-order valence-electron chi connectivity index (χ4n) is 1.87. The maximum Gasteiger partial charge on any atom is 0.340 e. The van der Waals surface area contributed by atoms with E-state index in [1.54, 1.807) is 0 Å². The first-order valence-corrected chi connectivity index (χ1v) is 5.25. The second-order valence-electron chi connectivity index (χ2n) is 4.16. The molecule has 0 heterocycles. The monoisotopic (exact) mass is 240 g/mol. The lowest BCUT2D eigenvalue weighted by Crippen LogP contribution is -2.39. The Kier molecular flexibility index (Phi) is 2.89. The number of hydrogen-bond acceptors (Lipinski definition) is 4. The molecule has 0 saturated heterocycles. The summed E-state index contributed by atoms with van der Waals surface area (Å²) in [4.78, 5) is 11.0. The van der Waals surface area contributed by atoms with Gasteiger partial charge in [0.15, 0.2) is 0 Å². The number of carbonyl (C=O) groups is 1. The number of nitrogen functional groups attached to an aromatic ring is 1. The zero-order chi connectivity index (χ0) is 12.6. The summed E-state index contributed by atoms with van der Waals surface area (Å²) >= 11 is 0. The first-order chi connectivity index (χ1) is 7.99. The third-order valence-electron chi connectivity index (χ3n) is 2.88. The second kappa shape index (κ2) is 4.21. The van der Waals surface area contributed by atoms with Crippen molar-refractivity contribution in [2.75, 3.05) is 11.1 Å². The van der Waals surface area contributed by atoms with Gasteiger partial charge in [0.1, 0.15) is 11.4 Å². The van der Waals surface area contributed by atoms with Gasteiger partial charge in [0.2, 0.25) is 0 Å². The normalized spacial score (nSPS) is 22.9. The highest BCUT2D eigenvalue weighted by Gasteiger charge is 2.28. The molecule has 0 spiro atoms. The average Bonchev–Trinajstić information content (AvgIpc) is 2.20. The summed E-state index contributed by atoms with van der Waals surface area (Å²) in [6, 6.07) is 2.48. The molecule has 0 atom stereocenters. The topological polar surface area (TPSA) is 95.6 Å². The third kappa shape index (κ3) is 2.16. The fraction of sp³-hybridized carbons (Fsp3) is 0.364. The highest BCUT2D eigenvalue weighted by atomic mass is 19.1.